The van der Waals surface area contributed by atoms with Gasteiger partial charge in [0.15, 0.2) is 0 Å². The maximum absolute atomic E-state index is 12.0. The number of carbonyl (C=O) groups is 2. The highest BCUT2D eigenvalue weighted by Gasteiger charge is 2.21. The predicted octanol–water partition coefficient (Wildman–Crippen LogP) is 2.06. The Morgan fingerprint density at radius 2 is 1.90 bits per heavy atom. The zero-order chi connectivity index (χ0) is 15.5. The van der Waals surface area contributed by atoms with Gasteiger partial charge in [-0.25, -0.2) is 0 Å². The lowest BCUT2D eigenvalue weighted by atomic mass is 10.1. The lowest BCUT2D eigenvalue weighted by Crippen LogP contribution is -2.50. The molecule has 0 radical (unpaired) electrons. The van der Waals surface area contributed by atoms with Crippen LogP contribution in [0.1, 0.15) is 38.1 Å². The summed E-state index contributed by atoms with van der Waals surface area (Å²) < 4.78 is 0.650. The Hall–Kier alpha value is -1.56. The second kappa shape index (κ2) is 6.26. The van der Waals surface area contributed by atoms with Crippen molar-refractivity contribution in [2.24, 2.45) is 0 Å². The van der Waals surface area contributed by atoms with E-state index < -0.39 is 6.04 Å². The fourth-order valence-electron chi connectivity index (χ4n) is 1.49. The SMILES string of the molecule is CC(NC(=O)c1ccc(N)c(Br)c1)C(=O)NC(C)(C)C. The summed E-state index contributed by atoms with van der Waals surface area (Å²) in [6, 6.07) is 4.26. The second-order valence-electron chi connectivity index (χ2n) is 5.67. The highest BCUT2D eigenvalue weighted by atomic mass is 79.9. The summed E-state index contributed by atoms with van der Waals surface area (Å²) in [5, 5.41) is 5.47. The first-order valence-electron chi connectivity index (χ1n) is 6.28. The van der Waals surface area contributed by atoms with Crippen molar-refractivity contribution in [3.63, 3.8) is 0 Å². The van der Waals surface area contributed by atoms with E-state index in [1.807, 2.05) is 20.8 Å². The third kappa shape index (κ3) is 4.85. The molecule has 5 nitrogen and oxygen atoms in total. The first-order chi connectivity index (χ1) is 9.10. The lowest BCUT2D eigenvalue weighted by Gasteiger charge is -2.23. The molecule has 20 heavy (non-hydrogen) atoms. The van der Waals surface area contributed by atoms with Gasteiger partial charge in [0.05, 0.1) is 0 Å². The van der Waals surface area contributed by atoms with Gasteiger partial charge < -0.3 is 16.4 Å². The van der Waals surface area contributed by atoms with Crippen molar-refractivity contribution in [3.05, 3.63) is 28.2 Å². The first-order valence-corrected chi connectivity index (χ1v) is 7.07. The molecule has 6 heteroatoms. The molecule has 110 valence electrons. The Labute approximate surface area is 127 Å². The van der Waals surface area contributed by atoms with Gasteiger partial charge in [-0.2, -0.15) is 0 Å². The molecule has 1 atom stereocenters. The first kappa shape index (κ1) is 16.5. The molecule has 0 aliphatic rings. The van der Waals surface area contributed by atoms with Crippen molar-refractivity contribution in [2.45, 2.75) is 39.3 Å². The van der Waals surface area contributed by atoms with E-state index in [2.05, 4.69) is 26.6 Å². The van der Waals surface area contributed by atoms with Gasteiger partial charge in [-0.1, -0.05) is 0 Å². The Balaban J connectivity index is 2.70. The molecule has 1 aromatic rings. The quantitative estimate of drug-likeness (QED) is 0.735. The van der Waals surface area contributed by atoms with Crippen molar-refractivity contribution in [3.8, 4) is 0 Å². The Kier molecular flexibility index (Phi) is 5.16. The molecular weight excluding hydrogens is 322 g/mol. The Bertz CT molecular complexity index is 524. The molecule has 1 unspecified atom stereocenters. The van der Waals surface area contributed by atoms with Crippen LogP contribution in [0.4, 0.5) is 5.69 Å². The highest BCUT2D eigenvalue weighted by Crippen LogP contribution is 2.20. The smallest absolute Gasteiger partial charge is 0.251 e. The van der Waals surface area contributed by atoms with Crippen LogP contribution in [0.3, 0.4) is 0 Å². The van der Waals surface area contributed by atoms with Gasteiger partial charge >= 0.3 is 0 Å². The standard InChI is InChI=1S/C14H20BrN3O2/c1-8(12(19)18-14(2,3)4)17-13(20)9-5-6-11(16)10(15)7-9/h5-8H,16H2,1-4H3,(H,17,20)(H,18,19). The molecule has 1 rings (SSSR count). The number of carbonyl (C=O) groups excluding carboxylic acids is 2. The fraction of sp³-hybridized carbons (Fsp3) is 0.429. The van der Waals surface area contributed by atoms with Gasteiger partial charge in [-0.15, -0.1) is 0 Å². The van der Waals surface area contributed by atoms with Gasteiger partial charge in [0.2, 0.25) is 5.91 Å². The summed E-state index contributed by atoms with van der Waals surface area (Å²) in [5.41, 5.74) is 6.33. The van der Waals surface area contributed by atoms with E-state index in [4.69, 9.17) is 5.73 Å². The average Bonchev–Trinajstić information content (AvgIpc) is 2.30. The second-order valence-corrected chi connectivity index (χ2v) is 6.53. The zero-order valence-corrected chi connectivity index (χ0v) is 13.7. The number of amides is 2. The number of hydrogen-bond donors (Lipinski definition) is 3. The molecule has 0 aliphatic carbocycles. The van der Waals surface area contributed by atoms with E-state index in [1.165, 1.54) is 0 Å². The summed E-state index contributed by atoms with van der Waals surface area (Å²) in [7, 11) is 0. The number of benzene rings is 1. The van der Waals surface area contributed by atoms with Crippen LogP contribution in [0.25, 0.3) is 0 Å². The van der Waals surface area contributed by atoms with Crippen LogP contribution in [0, 0.1) is 0 Å². The lowest BCUT2D eigenvalue weighted by molar-refractivity contribution is -0.124. The molecule has 2 amide bonds. The average molecular weight is 342 g/mol. The molecule has 0 fully saturated rings. The van der Waals surface area contributed by atoms with Crippen LogP contribution in [0.15, 0.2) is 22.7 Å². The molecule has 0 spiro atoms. The predicted molar refractivity (Wildman–Crippen MR) is 83.4 cm³/mol. The van der Waals surface area contributed by atoms with Crippen LogP contribution in [0.2, 0.25) is 0 Å². The Morgan fingerprint density at radius 3 is 2.40 bits per heavy atom. The fourth-order valence-corrected chi connectivity index (χ4v) is 1.87. The normalized spacial score (nSPS) is 12.7. The number of halogens is 1. The Morgan fingerprint density at radius 1 is 1.30 bits per heavy atom. The van der Waals surface area contributed by atoms with Crippen LogP contribution in [-0.4, -0.2) is 23.4 Å². The van der Waals surface area contributed by atoms with E-state index in [9.17, 15) is 9.59 Å². The van der Waals surface area contributed by atoms with Crippen LogP contribution in [-0.2, 0) is 4.79 Å². The third-order valence-electron chi connectivity index (χ3n) is 2.50. The molecular formula is C14H20BrN3O2. The minimum atomic E-state index is -0.613. The number of anilines is 1. The molecule has 0 aliphatic heterocycles. The van der Waals surface area contributed by atoms with Crippen molar-refractivity contribution in [2.75, 3.05) is 5.73 Å². The highest BCUT2D eigenvalue weighted by molar-refractivity contribution is 9.10. The summed E-state index contributed by atoms with van der Waals surface area (Å²) in [6.45, 7) is 7.30. The molecule has 0 bridgehead atoms. The molecule has 4 N–H and O–H groups in total. The minimum absolute atomic E-state index is 0.222. The van der Waals surface area contributed by atoms with E-state index in [0.717, 1.165) is 0 Å². The van der Waals surface area contributed by atoms with E-state index in [1.54, 1.807) is 25.1 Å². The monoisotopic (exact) mass is 341 g/mol. The van der Waals surface area contributed by atoms with Crippen LogP contribution < -0.4 is 16.4 Å². The van der Waals surface area contributed by atoms with E-state index in [0.29, 0.717) is 15.7 Å². The number of hydrogen-bond acceptors (Lipinski definition) is 3. The minimum Gasteiger partial charge on any atom is -0.398 e. The third-order valence-corrected chi connectivity index (χ3v) is 3.19. The molecule has 0 saturated heterocycles. The van der Waals surface area contributed by atoms with Crippen molar-refractivity contribution in [1.82, 2.24) is 10.6 Å². The topological polar surface area (TPSA) is 84.2 Å². The number of rotatable bonds is 3. The number of nitrogens with two attached hydrogens (primary N) is 1. The zero-order valence-electron chi connectivity index (χ0n) is 12.1. The molecule has 0 aromatic heterocycles. The van der Waals surface area contributed by atoms with Gasteiger partial charge in [-0.05, 0) is 61.8 Å². The van der Waals surface area contributed by atoms with Gasteiger partial charge in [0.25, 0.3) is 5.91 Å². The summed E-state index contributed by atoms with van der Waals surface area (Å²) in [6.07, 6.45) is 0. The van der Waals surface area contributed by atoms with Crippen molar-refractivity contribution in [1.29, 1.82) is 0 Å². The van der Waals surface area contributed by atoms with Crippen LogP contribution >= 0.6 is 15.9 Å². The largest absolute Gasteiger partial charge is 0.398 e. The molecule has 1 aromatic carbocycles. The number of nitrogen functional groups attached to an aromatic ring is 1. The van der Waals surface area contributed by atoms with Gasteiger partial charge in [0, 0.05) is 21.3 Å². The molecule has 0 heterocycles. The van der Waals surface area contributed by atoms with Gasteiger partial charge in [-0.3, -0.25) is 9.59 Å². The summed E-state index contributed by atoms with van der Waals surface area (Å²) in [4.78, 5) is 23.9. The molecule has 0 saturated carbocycles. The maximum atomic E-state index is 12.0. The van der Waals surface area contributed by atoms with Crippen LogP contribution in [0.5, 0.6) is 0 Å². The summed E-state index contributed by atoms with van der Waals surface area (Å²) >= 11 is 3.26. The van der Waals surface area contributed by atoms with Gasteiger partial charge in [0.1, 0.15) is 6.04 Å². The van der Waals surface area contributed by atoms with Crippen molar-refractivity contribution < 1.29 is 9.59 Å². The summed E-state index contributed by atoms with van der Waals surface area (Å²) in [5.74, 6) is -0.539. The van der Waals surface area contributed by atoms with Crippen molar-refractivity contribution >= 4 is 33.4 Å². The van der Waals surface area contributed by atoms with E-state index >= 15 is 0 Å². The number of nitrogens with one attached hydrogen (secondary N) is 2. The maximum Gasteiger partial charge on any atom is 0.251 e. The van der Waals surface area contributed by atoms with E-state index in [-0.39, 0.29) is 17.4 Å².